The van der Waals surface area contributed by atoms with E-state index in [1.807, 2.05) is 35.2 Å². The second-order valence-electron chi connectivity index (χ2n) is 3.00. The van der Waals surface area contributed by atoms with Gasteiger partial charge in [-0.1, -0.05) is 23.9 Å². The molecule has 0 aliphatic carbocycles. The highest BCUT2D eigenvalue weighted by molar-refractivity contribution is 7.98. The number of rotatable bonds is 3. The average Bonchev–Trinajstić information content (AvgIpc) is 2.77. The Kier molecular flexibility index (Phi) is 2.87. The first-order valence-electron chi connectivity index (χ1n) is 4.48. The van der Waals surface area contributed by atoms with E-state index in [0.717, 1.165) is 17.1 Å². The van der Waals surface area contributed by atoms with E-state index >= 15 is 0 Å². The summed E-state index contributed by atoms with van der Waals surface area (Å²) in [5.74, 6) is 0. The standard InChI is InChI=1S/C11H10N2OS/c1-15-11-12-5-6-13(11)10-4-2-3-9(7-10)8-14/h2-8H,1H3. The van der Waals surface area contributed by atoms with E-state index in [1.54, 1.807) is 24.0 Å². The van der Waals surface area contributed by atoms with Gasteiger partial charge in [-0.25, -0.2) is 4.98 Å². The van der Waals surface area contributed by atoms with Crippen molar-refractivity contribution in [1.29, 1.82) is 0 Å². The molecule has 0 saturated heterocycles. The number of hydrogen-bond acceptors (Lipinski definition) is 3. The number of thioether (sulfide) groups is 1. The summed E-state index contributed by atoms with van der Waals surface area (Å²) < 4.78 is 1.96. The van der Waals surface area contributed by atoms with Crippen molar-refractivity contribution in [3.05, 3.63) is 42.2 Å². The molecule has 0 unspecified atom stereocenters. The van der Waals surface area contributed by atoms with Crippen LogP contribution in [0.3, 0.4) is 0 Å². The zero-order valence-electron chi connectivity index (χ0n) is 8.25. The van der Waals surface area contributed by atoms with Crippen LogP contribution in [0.1, 0.15) is 10.4 Å². The molecule has 1 aromatic carbocycles. The predicted octanol–water partition coefficient (Wildman–Crippen LogP) is 2.41. The quantitative estimate of drug-likeness (QED) is 0.586. The predicted molar refractivity (Wildman–Crippen MR) is 60.7 cm³/mol. The summed E-state index contributed by atoms with van der Waals surface area (Å²) in [4.78, 5) is 14.9. The van der Waals surface area contributed by atoms with Gasteiger partial charge < -0.3 is 0 Å². The fraction of sp³-hybridized carbons (Fsp3) is 0.0909. The molecule has 4 heteroatoms. The zero-order valence-corrected chi connectivity index (χ0v) is 9.07. The topological polar surface area (TPSA) is 34.9 Å². The third kappa shape index (κ3) is 1.94. The van der Waals surface area contributed by atoms with E-state index in [9.17, 15) is 4.79 Å². The number of benzene rings is 1. The van der Waals surface area contributed by atoms with Crippen molar-refractivity contribution in [3.63, 3.8) is 0 Å². The fourth-order valence-corrected chi connectivity index (χ4v) is 1.91. The van der Waals surface area contributed by atoms with Crippen LogP contribution in [0.25, 0.3) is 5.69 Å². The van der Waals surface area contributed by atoms with Gasteiger partial charge in [0, 0.05) is 23.6 Å². The maximum absolute atomic E-state index is 10.7. The normalized spacial score (nSPS) is 10.2. The average molecular weight is 218 g/mol. The third-order valence-corrected chi connectivity index (χ3v) is 2.74. The van der Waals surface area contributed by atoms with Crippen molar-refractivity contribution in [3.8, 4) is 5.69 Å². The van der Waals surface area contributed by atoms with Crippen molar-refractivity contribution in [1.82, 2.24) is 9.55 Å². The molecule has 2 rings (SSSR count). The molecular formula is C11H10N2OS. The maximum atomic E-state index is 10.7. The Bertz CT molecular complexity index is 479. The van der Waals surface area contributed by atoms with Crippen LogP contribution in [0.4, 0.5) is 0 Å². The largest absolute Gasteiger partial charge is 0.298 e. The van der Waals surface area contributed by atoms with Crippen LogP contribution in [-0.2, 0) is 0 Å². The van der Waals surface area contributed by atoms with Gasteiger partial charge in [-0.3, -0.25) is 9.36 Å². The Morgan fingerprint density at radius 2 is 2.33 bits per heavy atom. The van der Waals surface area contributed by atoms with E-state index < -0.39 is 0 Å². The summed E-state index contributed by atoms with van der Waals surface area (Å²) in [5, 5.41) is 0.915. The Morgan fingerprint density at radius 1 is 1.47 bits per heavy atom. The van der Waals surface area contributed by atoms with Crippen molar-refractivity contribution >= 4 is 18.0 Å². The van der Waals surface area contributed by atoms with Crippen molar-refractivity contribution in [2.45, 2.75) is 5.16 Å². The third-order valence-electron chi connectivity index (χ3n) is 2.07. The fourth-order valence-electron chi connectivity index (χ4n) is 1.39. The van der Waals surface area contributed by atoms with Gasteiger partial charge >= 0.3 is 0 Å². The molecule has 0 saturated carbocycles. The molecule has 1 aromatic heterocycles. The van der Waals surface area contributed by atoms with Crippen LogP contribution >= 0.6 is 11.8 Å². The van der Waals surface area contributed by atoms with E-state index in [4.69, 9.17) is 0 Å². The molecule has 3 nitrogen and oxygen atoms in total. The van der Waals surface area contributed by atoms with Crippen LogP contribution in [0.15, 0.2) is 41.8 Å². The highest BCUT2D eigenvalue weighted by Gasteiger charge is 2.03. The summed E-state index contributed by atoms with van der Waals surface area (Å²) in [5.41, 5.74) is 1.63. The molecular weight excluding hydrogens is 208 g/mol. The Labute approximate surface area is 92.1 Å². The first-order valence-corrected chi connectivity index (χ1v) is 5.70. The second kappa shape index (κ2) is 4.31. The van der Waals surface area contributed by atoms with Crippen LogP contribution in [0.5, 0.6) is 0 Å². The number of imidazole rings is 1. The lowest BCUT2D eigenvalue weighted by Crippen LogP contribution is -1.95. The van der Waals surface area contributed by atoms with E-state index in [2.05, 4.69) is 4.98 Å². The van der Waals surface area contributed by atoms with Gasteiger partial charge in [0.05, 0.1) is 0 Å². The van der Waals surface area contributed by atoms with Crippen LogP contribution in [-0.4, -0.2) is 22.1 Å². The van der Waals surface area contributed by atoms with E-state index in [1.165, 1.54) is 0 Å². The lowest BCUT2D eigenvalue weighted by molar-refractivity contribution is 0.112. The van der Waals surface area contributed by atoms with Crippen molar-refractivity contribution < 1.29 is 4.79 Å². The van der Waals surface area contributed by atoms with Gasteiger partial charge in [-0.05, 0) is 18.4 Å². The summed E-state index contributed by atoms with van der Waals surface area (Å²) in [7, 11) is 0. The van der Waals surface area contributed by atoms with Crippen LogP contribution in [0, 0.1) is 0 Å². The number of carbonyl (C=O) groups is 1. The lowest BCUT2D eigenvalue weighted by Gasteiger charge is -2.05. The molecule has 0 fully saturated rings. The molecule has 0 amide bonds. The Hall–Kier alpha value is -1.55. The Morgan fingerprint density at radius 3 is 3.07 bits per heavy atom. The van der Waals surface area contributed by atoms with Gasteiger partial charge in [-0.2, -0.15) is 0 Å². The first-order chi connectivity index (χ1) is 7.35. The second-order valence-corrected chi connectivity index (χ2v) is 3.77. The van der Waals surface area contributed by atoms with Gasteiger partial charge in [0.25, 0.3) is 0 Å². The van der Waals surface area contributed by atoms with Crippen molar-refractivity contribution in [2.75, 3.05) is 6.26 Å². The maximum Gasteiger partial charge on any atom is 0.172 e. The summed E-state index contributed by atoms with van der Waals surface area (Å²) in [6.07, 6.45) is 6.46. The van der Waals surface area contributed by atoms with E-state index in [-0.39, 0.29) is 0 Å². The molecule has 76 valence electrons. The molecule has 15 heavy (non-hydrogen) atoms. The monoisotopic (exact) mass is 218 g/mol. The van der Waals surface area contributed by atoms with Gasteiger partial charge in [-0.15, -0.1) is 0 Å². The number of aldehydes is 1. The number of aromatic nitrogens is 2. The molecule has 0 aliphatic heterocycles. The van der Waals surface area contributed by atoms with E-state index in [0.29, 0.717) is 5.56 Å². The number of hydrogen-bond donors (Lipinski definition) is 0. The molecule has 0 aliphatic rings. The lowest BCUT2D eigenvalue weighted by atomic mass is 10.2. The molecule has 0 spiro atoms. The molecule has 0 radical (unpaired) electrons. The zero-order chi connectivity index (χ0) is 10.7. The summed E-state index contributed by atoms with van der Waals surface area (Å²) >= 11 is 1.57. The molecule has 0 bridgehead atoms. The highest BCUT2D eigenvalue weighted by Crippen LogP contribution is 2.18. The molecule has 2 aromatic rings. The smallest absolute Gasteiger partial charge is 0.172 e. The minimum atomic E-state index is 0.674. The van der Waals surface area contributed by atoms with Gasteiger partial charge in [0.2, 0.25) is 0 Å². The summed E-state index contributed by atoms with van der Waals surface area (Å²) in [6.45, 7) is 0. The minimum absolute atomic E-state index is 0.674. The number of nitrogens with zero attached hydrogens (tertiary/aromatic N) is 2. The van der Waals surface area contributed by atoms with Crippen LogP contribution < -0.4 is 0 Å². The molecule has 1 heterocycles. The molecule has 0 atom stereocenters. The first kappa shape index (κ1) is 9.98. The van der Waals surface area contributed by atoms with Crippen molar-refractivity contribution in [2.24, 2.45) is 0 Å². The van der Waals surface area contributed by atoms with Gasteiger partial charge in [0.15, 0.2) is 5.16 Å². The Balaban J connectivity index is 2.48. The SMILES string of the molecule is CSc1nccn1-c1cccc(C=O)c1. The number of carbonyl (C=O) groups excluding carboxylic acids is 1. The highest BCUT2D eigenvalue weighted by atomic mass is 32.2. The summed E-state index contributed by atoms with van der Waals surface area (Å²) in [6, 6.07) is 7.44. The van der Waals surface area contributed by atoms with Gasteiger partial charge in [0.1, 0.15) is 6.29 Å². The van der Waals surface area contributed by atoms with Crippen LogP contribution in [0.2, 0.25) is 0 Å². The minimum Gasteiger partial charge on any atom is -0.298 e. The molecule has 0 N–H and O–H groups in total.